The van der Waals surface area contributed by atoms with Crippen LogP contribution < -0.4 is 4.74 Å². The second-order valence-corrected chi connectivity index (χ2v) is 6.38. The van der Waals surface area contributed by atoms with Crippen LogP contribution in [0.3, 0.4) is 0 Å². The summed E-state index contributed by atoms with van der Waals surface area (Å²) in [7, 11) is 1.65. The van der Waals surface area contributed by atoms with E-state index in [2.05, 4.69) is 32.1 Å². The molecule has 0 atom stereocenters. The van der Waals surface area contributed by atoms with E-state index in [1.165, 1.54) is 5.56 Å². The molecule has 1 aromatic carbocycles. The van der Waals surface area contributed by atoms with Crippen LogP contribution in [-0.4, -0.2) is 53.2 Å². The first-order valence-corrected chi connectivity index (χ1v) is 8.59. The minimum atomic E-state index is 0.675. The minimum Gasteiger partial charge on any atom is -0.481 e. The lowest BCUT2D eigenvalue weighted by Gasteiger charge is -2.34. The molecule has 0 unspecified atom stereocenters. The molecule has 0 radical (unpaired) electrons. The Morgan fingerprint density at radius 2 is 1.80 bits per heavy atom. The van der Waals surface area contributed by atoms with Crippen molar-refractivity contribution in [2.75, 3.05) is 33.3 Å². The number of piperazine rings is 1. The topological polar surface area (TPSA) is 54.6 Å². The van der Waals surface area contributed by atoms with E-state index < -0.39 is 0 Å². The summed E-state index contributed by atoms with van der Waals surface area (Å²) in [6.07, 6.45) is 1.81. The van der Waals surface area contributed by atoms with E-state index in [-0.39, 0.29) is 0 Å². The van der Waals surface area contributed by atoms with Gasteiger partial charge >= 0.3 is 0 Å². The third-order valence-electron chi connectivity index (χ3n) is 4.71. The first-order valence-electron chi connectivity index (χ1n) is 8.59. The smallest absolute Gasteiger partial charge is 0.213 e. The molecule has 0 N–H and O–H groups in total. The van der Waals surface area contributed by atoms with E-state index >= 15 is 0 Å². The summed E-state index contributed by atoms with van der Waals surface area (Å²) in [6, 6.07) is 12.1. The van der Waals surface area contributed by atoms with Gasteiger partial charge in [-0.05, 0) is 23.8 Å². The highest BCUT2D eigenvalue weighted by Crippen LogP contribution is 2.20. The Bertz CT molecular complexity index is 840. The summed E-state index contributed by atoms with van der Waals surface area (Å²) in [5.74, 6) is 0.675. The molecule has 0 saturated carbocycles. The molecule has 1 fully saturated rings. The molecule has 0 spiro atoms. The molecule has 3 aromatic rings. The van der Waals surface area contributed by atoms with Crippen molar-refractivity contribution in [1.82, 2.24) is 19.9 Å². The Labute approximate surface area is 147 Å². The fourth-order valence-electron chi connectivity index (χ4n) is 3.29. The van der Waals surface area contributed by atoms with Gasteiger partial charge in [-0.25, -0.2) is 4.98 Å². The highest BCUT2D eigenvalue weighted by molar-refractivity contribution is 5.79. The van der Waals surface area contributed by atoms with Crippen molar-refractivity contribution < 1.29 is 9.26 Å². The first-order chi connectivity index (χ1) is 12.3. The molecule has 4 rings (SSSR count). The predicted molar refractivity (Wildman–Crippen MR) is 95.4 cm³/mol. The van der Waals surface area contributed by atoms with Crippen molar-refractivity contribution in [1.29, 1.82) is 0 Å². The van der Waals surface area contributed by atoms with E-state index in [1.54, 1.807) is 13.3 Å². The number of benzene rings is 1. The Morgan fingerprint density at radius 1 is 1.04 bits per heavy atom. The molecule has 0 aliphatic carbocycles. The molecule has 3 heterocycles. The molecule has 25 heavy (non-hydrogen) atoms. The van der Waals surface area contributed by atoms with Gasteiger partial charge in [0.15, 0.2) is 5.58 Å². The van der Waals surface area contributed by atoms with Gasteiger partial charge in [0.2, 0.25) is 5.88 Å². The summed E-state index contributed by atoms with van der Waals surface area (Å²) in [6.45, 7) is 5.92. The second-order valence-electron chi connectivity index (χ2n) is 6.38. The van der Waals surface area contributed by atoms with Gasteiger partial charge in [-0.2, -0.15) is 0 Å². The lowest BCUT2D eigenvalue weighted by molar-refractivity contribution is 0.120. The van der Waals surface area contributed by atoms with E-state index in [0.29, 0.717) is 5.88 Å². The van der Waals surface area contributed by atoms with Crippen LogP contribution in [0.4, 0.5) is 0 Å². The third-order valence-corrected chi connectivity index (χ3v) is 4.71. The molecule has 6 heteroatoms. The van der Waals surface area contributed by atoms with Crippen LogP contribution in [0.25, 0.3) is 11.0 Å². The number of rotatable bonds is 5. The number of ether oxygens (including phenoxy) is 1. The number of hydrogen-bond acceptors (Lipinski definition) is 6. The van der Waals surface area contributed by atoms with Crippen molar-refractivity contribution in [2.24, 2.45) is 0 Å². The van der Waals surface area contributed by atoms with Gasteiger partial charge in [-0.1, -0.05) is 17.3 Å². The predicted octanol–water partition coefficient (Wildman–Crippen LogP) is 2.55. The zero-order chi connectivity index (χ0) is 17.1. The van der Waals surface area contributed by atoms with Crippen LogP contribution >= 0.6 is 0 Å². The summed E-state index contributed by atoms with van der Waals surface area (Å²) in [5, 5.41) is 5.36. The van der Waals surface area contributed by atoms with Crippen molar-refractivity contribution in [3.63, 3.8) is 0 Å². The lowest BCUT2D eigenvalue weighted by Crippen LogP contribution is -2.45. The molecule has 1 saturated heterocycles. The van der Waals surface area contributed by atoms with Gasteiger partial charge < -0.3 is 9.26 Å². The van der Waals surface area contributed by atoms with Crippen molar-refractivity contribution in [3.8, 4) is 5.88 Å². The normalized spacial score (nSPS) is 16.4. The molecule has 130 valence electrons. The first kappa shape index (κ1) is 16.1. The molecule has 2 aromatic heterocycles. The Morgan fingerprint density at radius 3 is 2.60 bits per heavy atom. The fraction of sp³-hybridized carbons (Fsp3) is 0.368. The zero-order valence-electron chi connectivity index (χ0n) is 14.4. The number of methoxy groups -OCH3 is 1. The maximum Gasteiger partial charge on any atom is 0.213 e. The summed E-state index contributed by atoms with van der Waals surface area (Å²) >= 11 is 0. The average molecular weight is 338 g/mol. The Balaban J connectivity index is 1.33. The minimum absolute atomic E-state index is 0.675. The standard InChI is InChI=1S/C19H22N4O2/c1-24-19-12-15(6-7-20-19)13-22-8-10-23(11-9-22)14-17-16-4-2-3-5-18(16)25-21-17/h2-7,12H,8-11,13-14H2,1H3. The van der Waals surface area contributed by atoms with Gasteiger partial charge in [-0.3, -0.25) is 9.80 Å². The van der Waals surface area contributed by atoms with Crippen LogP contribution in [0.1, 0.15) is 11.3 Å². The maximum absolute atomic E-state index is 5.41. The van der Waals surface area contributed by atoms with Crippen LogP contribution in [-0.2, 0) is 13.1 Å². The number of pyridine rings is 1. The number of hydrogen-bond donors (Lipinski definition) is 0. The van der Waals surface area contributed by atoms with Gasteiger partial charge in [0.05, 0.1) is 7.11 Å². The molecular weight excluding hydrogens is 316 g/mol. The van der Waals surface area contributed by atoms with Gasteiger partial charge in [0, 0.05) is 56.9 Å². The average Bonchev–Trinajstić information content (AvgIpc) is 3.07. The highest BCUT2D eigenvalue weighted by Gasteiger charge is 2.19. The number of para-hydroxylation sites is 1. The van der Waals surface area contributed by atoms with Gasteiger partial charge in [-0.15, -0.1) is 0 Å². The van der Waals surface area contributed by atoms with E-state index in [1.807, 2.05) is 24.3 Å². The number of fused-ring (bicyclic) bond motifs is 1. The Hall–Kier alpha value is -2.44. The molecule has 1 aliphatic rings. The summed E-state index contributed by atoms with van der Waals surface area (Å²) < 4.78 is 10.6. The molecule has 0 amide bonds. The number of nitrogens with zero attached hydrogens (tertiary/aromatic N) is 4. The van der Waals surface area contributed by atoms with E-state index in [0.717, 1.165) is 55.9 Å². The fourth-order valence-corrected chi connectivity index (χ4v) is 3.29. The van der Waals surface area contributed by atoms with Crippen molar-refractivity contribution in [3.05, 3.63) is 53.9 Å². The molecular formula is C19H22N4O2. The molecule has 1 aliphatic heterocycles. The van der Waals surface area contributed by atoms with Gasteiger partial charge in [0.25, 0.3) is 0 Å². The van der Waals surface area contributed by atoms with Crippen molar-refractivity contribution in [2.45, 2.75) is 13.1 Å². The summed E-state index contributed by atoms with van der Waals surface area (Å²) in [4.78, 5) is 9.07. The molecule has 6 nitrogen and oxygen atoms in total. The molecule has 0 bridgehead atoms. The Kier molecular flexibility index (Phi) is 4.63. The highest BCUT2D eigenvalue weighted by atomic mass is 16.5. The third kappa shape index (κ3) is 3.65. The van der Waals surface area contributed by atoms with E-state index in [4.69, 9.17) is 9.26 Å². The van der Waals surface area contributed by atoms with Crippen LogP contribution in [0.2, 0.25) is 0 Å². The number of aromatic nitrogens is 2. The zero-order valence-corrected chi connectivity index (χ0v) is 14.4. The van der Waals surface area contributed by atoms with Gasteiger partial charge in [0.1, 0.15) is 5.69 Å². The van der Waals surface area contributed by atoms with Crippen LogP contribution in [0, 0.1) is 0 Å². The maximum atomic E-state index is 5.41. The van der Waals surface area contributed by atoms with Crippen molar-refractivity contribution >= 4 is 11.0 Å². The quantitative estimate of drug-likeness (QED) is 0.713. The van der Waals surface area contributed by atoms with Crippen LogP contribution in [0.5, 0.6) is 5.88 Å². The lowest BCUT2D eigenvalue weighted by atomic mass is 10.2. The second kappa shape index (κ2) is 7.21. The summed E-state index contributed by atoms with van der Waals surface area (Å²) in [5.41, 5.74) is 3.13. The van der Waals surface area contributed by atoms with E-state index in [9.17, 15) is 0 Å². The SMILES string of the molecule is COc1cc(CN2CCN(Cc3noc4ccccc34)CC2)ccn1. The van der Waals surface area contributed by atoms with Crippen LogP contribution in [0.15, 0.2) is 47.1 Å². The largest absolute Gasteiger partial charge is 0.481 e. The monoisotopic (exact) mass is 338 g/mol.